The molecule has 0 saturated carbocycles. The molecule has 5 aromatic heterocycles. The van der Waals surface area contributed by atoms with Crippen LogP contribution in [-0.2, 0) is 7.05 Å². The van der Waals surface area contributed by atoms with Gasteiger partial charge in [0, 0.05) is 55.4 Å². The number of pyridine rings is 1. The number of hydrogen-bond donors (Lipinski definition) is 1. The first-order valence-corrected chi connectivity index (χ1v) is 9.02. The summed E-state index contributed by atoms with van der Waals surface area (Å²) in [7, 11) is 1.91. The van der Waals surface area contributed by atoms with Crippen LogP contribution in [0, 0.1) is 6.92 Å². The van der Waals surface area contributed by atoms with E-state index in [1.54, 1.807) is 24.7 Å². The number of rotatable bonds is 4. The van der Waals surface area contributed by atoms with Gasteiger partial charge in [0.15, 0.2) is 11.6 Å². The van der Waals surface area contributed by atoms with Gasteiger partial charge in [-0.2, -0.15) is 0 Å². The van der Waals surface area contributed by atoms with Gasteiger partial charge >= 0.3 is 0 Å². The maximum absolute atomic E-state index is 4.76. The van der Waals surface area contributed by atoms with Gasteiger partial charge in [0.2, 0.25) is 5.82 Å². The van der Waals surface area contributed by atoms with Crippen molar-refractivity contribution >= 4 is 17.2 Å². The summed E-state index contributed by atoms with van der Waals surface area (Å²) in [6.07, 6.45) is 12.3. The van der Waals surface area contributed by atoms with Gasteiger partial charge in [-0.1, -0.05) is 6.07 Å². The highest BCUT2D eigenvalue weighted by Crippen LogP contribution is 2.32. The molecule has 0 aliphatic carbocycles. The maximum atomic E-state index is 4.76. The molecule has 0 saturated heterocycles. The van der Waals surface area contributed by atoms with Gasteiger partial charge in [-0.3, -0.25) is 4.98 Å². The highest BCUT2D eigenvalue weighted by Gasteiger charge is 2.18. The summed E-state index contributed by atoms with van der Waals surface area (Å²) in [5.74, 6) is 2.47. The van der Waals surface area contributed by atoms with Gasteiger partial charge in [-0.05, 0) is 24.6 Å². The maximum Gasteiger partial charge on any atom is 0.218 e. The molecule has 0 aromatic carbocycles. The molecular formula is C20H17N9. The van der Waals surface area contributed by atoms with Gasteiger partial charge in [-0.25, -0.2) is 24.5 Å². The second kappa shape index (κ2) is 6.79. The van der Waals surface area contributed by atoms with Crippen LogP contribution in [0.4, 0.5) is 11.6 Å². The Morgan fingerprint density at radius 3 is 2.69 bits per heavy atom. The number of nitrogens with one attached hydrogen (secondary N) is 1. The number of aryl methyl sites for hydroxylation is 2. The van der Waals surface area contributed by atoms with Crippen LogP contribution in [0.1, 0.15) is 5.56 Å². The molecule has 0 amide bonds. The Balaban J connectivity index is 1.75. The predicted molar refractivity (Wildman–Crippen MR) is 108 cm³/mol. The largest absolute Gasteiger partial charge is 0.331 e. The van der Waals surface area contributed by atoms with Gasteiger partial charge in [0.25, 0.3) is 0 Å². The normalized spacial score (nSPS) is 11.1. The predicted octanol–water partition coefficient (Wildman–Crippen LogP) is 3.03. The molecule has 9 heteroatoms. The van der Waals surface area contributed by atoms with E-state index >= 15 is 0 Å². The van der Waals surface area contributed by atoms with Crippen LogP contribution in [0.5, 0.6) is 0 Å². The summed E-state index contributed by atoms with van der Waals surface area (Å²) in [5, 5.41) is 8.02. The van der Waals surface area contributed by atoms with Gasteiger partial charge in [0.1, 0.15) is 17.7 Å². The first-order chi connectivity index (χ1) is 14.2. The summed E-state index contributed by atoms with van der Waals surface area (Å²) in [5.41, 5.74) is 3.96. The lowest BCUT2D eigenvalue weighted by Gasteiger charge is -2.10. The summed E-state index contributed by atoms with van der Waals surface area (Å²) in [4.78, 5) is 21.6. The number of anilines is 2. The zero-order valence-corrected chi connectivity index (χ0v) is 15.9. The smallest absolute Gasteiger partial charge is 0.218 e. The Kier molecular flexibility index (Phi) is 3.98. The van der Waals surface area contributed by atoms with E-state index < -0.39 is 0 Å². The molecule has 29 heavy (non-hydrogen) atoms. The molecule has 0 atom stereocenters. The van der Waals surface area contributed by atoms with Crippen LogP contribution < -0.4 is 5.32 Å². The van der Waals surface area contributed by atoms with Gasteiger partial charge < -0.3 is 9.88 Å². The van der Waals surface area contributed by atoms with Crippen LogP contribution in [-0.4, -0.2) is 39.1 Å². The summed E-state index contributed by atoms with van der Waals surface area (Å²) < 4.78 is 3.71. The van der Waals surface area contributed by atoms with Crippen molar-refractivity contribution in [3.05, 3.63) is 67.3 Å². The molecule has 0 radical (unpaired) electrons. The van der Waals surface area contributed by atoms with Gasteiger partial charge in [-0.15, -0.1) is 5.10 Å². The van der Waals surface area contributed by atoms with Crippen molar-refractivity contribution in [1.82, 2.24) is 39.1 Å². The van der Waals surface area contributed by atoms with Crippen molar-refractivity contribution in [2.45, 2.75) is 6.92 Å². The monoisotopic (exact) mass is 383 g/mol. The molecule has 0 bridgehead atoms. The van der Waals surface area contributed by atoms with Crippen molar-refractivity contribution in [2.24, 2.45) is 7.05 Å². The minimum absolute atomic E-state index is 0.509. The SMILES string of the molecule is Cc1c(-c2cccnc2)cn2nc(-c3nccn3C)nc(Nc3ccncn3)c12. The zero-order chi connectivity index (χ0) is 19.8. The summed E-state index contributed by atoms with van der Waals surface area (Å²) >= 11 is 0. The third-order valence-electron chi connectivity index (χ3n) is 4.71. The van der Waals surface area contributed by atoms with Crippen LogP contribution >= 0.6 is 0 Å². The molecule has 0 aliphatic heterocycles. The first kappa shape index (κ1) is 17.0. The molecular weight excluding hydrogens is 366 g/mol. The third kappa shape index (κ3) is 2.98. The second-order valence-corrected chi connectivity index (χ2v) is 6.57. The molecule has 5 heterocycles. The van der Waals surface area contributed by atoms with E-state index in [0.29, 0.717) is 23.3 Å². The lowest BCUT2D eigenvalue weighted by Crippen LogP contribution is -2.06. The Labute approximate surface area is 166 Å². The third-order valence-corrected chi connectivity index (χ3v) is 4.71. The van der Waals surface area contributed by atoms with Crippen molar-refractivity contribution in [3.8, 4) is 22.8 Å². The van der Waals surface area contributed by atoms with E-state index in [2.05, 4.69) is 25.3 Å². The van der Waals surface area contributed by atoms with E-state index in [1.807, 2.05) is 53.8 Å². The molecule has 142 valence electrons. The Bertz CT molecular complexity index is 1290. The fourth-order valence-electron chi connectivity index (χ4n) is 3.29. The summed E-state index contributed by atoms with van der Waals surface area (Å²) in [6, 6.07) is 5.74. The molecule has 5 aromatic rings. The average Bonchev–Trinajstić information content (AvgIpc) is 3.32. The molecule has 0 fully saturated rings. The number of nitrogens with zero attached hydrogens (tertiary/aromatic N) is 8. The molecule has 5 rings (SSSR count). The Morgan fingerprint density at radius 2 is 1.97 bits per heavy atom. The van der Waals surface area contributed by atoms with E-state index in [9.17, 15) is 0 Å². The zero-order valence-electron chi connectivity index (χ0n) is 15.9. The van der Waals surface area contributed by atoms with Crippen molar-refractivity contribution < 1.29 is 0 Å². The summed E-state index contributed by atoms with van der Waals surface area (Å²) in [6.45, 7) is 2.05. The topological polar surface area (TPSA) is 98.7 Å². The van der Waals surface area contributed by atoms with Crippen molar-refractivity contribution in [1.29, 1.82) is 0 Å². The second-order valence-electron chi connectivity index (χ2n) is 6.57. The molecule has 0 aliphatic rings. The van der Waals surface area contributed by atoms with E-state index in [4.69, 9.17) is 10.1 Å². The highest BCUT2D eigenvalue weighted by molar-refractivity contribution is 5.84. The quantitative estimate of drug-likeness (QED) is 0.509. The number of imidazole rings is 1. The minimum Gasteiger partial charge on any atom is -0.331 e. The lowest BCUT2D eigenvalue weighted by molar-refractivity contribution is 0.861. The minimum atomic E-state index is 0.509. The lowest BCUT2D eigenvalue weighted by atomic mass is 10.1. The molecule has 9 nitrogen and oxygen atoms in total. The van der Waals surface area contributed by atoms with E-state index in [1.165, 1.54) is 6.33 Å². The van der Waals surface area contributed by atoms with Crippen LogP contribution in [0.15, 0.2) is 61.7 Å². The Hall–Kier alpha value is -4.14. The van der Waals surface area contributed by atoms with E-state index in [-0.39, 0.29) is 0 Å². The molecule has 0 unspecified atom stereocenters. The Morgan fingerprint density at radius 1 is 1.03 bits per heavy atom. The van der Waals surface area contributed by atoms with Crippen LogP contribution in [0.3, 0.4) is 0 Å². The fourth-order valence-corrected chi connectivity index (χ4v) is 3.29. The highest BCUT2D eigenvalue weighted by atomic mass is 15.3. The van der Waals surface area contributed by atoms with Crippen molar-refractivity contribution in [2.75, 3.05) is 5.32 Å². The number of hydrogen-bond acceptors (Lipinski definition) is 7. The van der Waals surface area contributed by atoms with Crippen molar-refractivity contribution in [3.63, 3.8) is 0 Å². The van der Waals surface area contributed by atoms with Crippen LogP contribution in [0.25, 0.3) is 28.3 Å². The van der Waals surface area contributed by atoms with E-state index in [0.717, 1.165) is 22.2 Å². The molecule has 1 N–H and O–H groups in total. The molecule has 0 spiro atoms. The van der Waals surface area contributed by atoms with Gasteiger partial charge in [0.05, 0.1) is 0 Å². The standard InChI is InChI=1S/C20H17N9/c1-13-15(14-4-3-6-21-10-14)11-29-17(13)18(25-16-5-7-22-12-24-16)26-19(27-29)20-23-8-9-28(20)2/h3-12H,1-2H3,(H,22,24,25,26,27). The fraction of sp³-hybridized carbons (Fsp3) is 0.100. The average molecular weight is 383 g/mol. The number of fused-ring (bicyclic) bond motifs is 1. The first-order valence-electron chi connectivity index (χ1n) is 9.02. The van der Waals surface area contributed by atoms with Crippen LogP contribution in [0.2, 0.25) is 0 Å². The number of aromatic nitrogens is 8.